The summed E-state index contributed by atoms with van der Waals surface area (Å²) in [6, 6.07) is 10.8. The van der Waals surface area contributed by atoms with Crippen molar-refractivity contribution < 1.29 is 32.2 Å². The lowest BCUT2D eigenvalue weighted by Crippen LogP contribution is -2.55. The van der Waals surface area contributed by atoms with Crippen molar-refractivity contribution in [2.45, 2.75) is 37.7 Å². The zero-order chi connectivity index (χ0) is 28.4. The maximum Gasteiger partial charge on any atom is 0.387 e. The second kappa shape index (κ2) is 11.2. The minimum absolute atomic E-state index is 0.0351. The molecule has 2 aromatic heterocycles. The Morgan fingerprint density at radius 3 is 2.51 bits per heavy atom. The summed E-state index contributed by atoms with van der Waals surface area (Å²) >= 11 is 1.14. The first-order valence-electron chi connectivity index (χ1n) is 11.6. The number of hydrogen-bond donors (Lipinski definition) is 4. The standard InChI is InChI=1S/C24H26F2N6O5S2/c1-4-17-24(2,31-23(32(3)39(17,35)36)30-19(33)14-8-6-5-7-9-14)21-29-18(13-38-21)28-20(34)16-11-10-15(12-27-16)37-22(25)26/h5-13,17,22,35-36H,4H2,1-3H3,(H,28,34)(H,30,31,33). The molecule has 0 spiro atoms. The van der Waals surface area contributed by atoms with Crippen LogP contribution in [0.4, 0.5) is 14.6 Å². The number of amides is 2. The summed E-state index contributed by atoms with van der Waals surface area (Å²) in [5.74, 6) is -1.18. The molecule has 3 heterocycles. The minimum Gasteiger partial charge on any atom is -0.433 e. The lowest BCUT2D eigenvalue weighted by atomic mass is 9.97. The molecule has 0 aliphatic carbocycles. The van der Waals surface area contributed by atoms with Gasteiger partial charge in [-0.1, -0.05) is 25.1 Å². The van der Waals surface area contributed by atoms with Crippen LogP contribution >= 0.6 is 22.1 Å². The number of guanidine groups is 1. The molecule has 1 aromatic carbocycles. The van der Waals surface area contributed by atoms with Crippen molar-refractivity contribution in [3.05, 3.63) is 70.3 Å². The zero-order valence-corrected chi connectivity index (χ0v) is 22.7. The molecule has 0 saturated carbocycles. The minimum atomic E-state index is -3.46. The van der Waals surface area contributed by atoms with Gasteiger partial charge in [-0.15, -0.1) is 22.1 Å². The van der Waals surface area contributed by atoms with Gasteiger partial charge in [0.2, 0.25) is 5.96 Å². The van der Waals surface area contributed by atoms with E-state index in [-0.39, 0.29) is 23.2 Å². The highest BCUT2D eigenvalue weighted by Gasteiger charge is 2.51. The molecule has 4 rings (SSSR count). The molecule has 2 amide bonds. The third-order valence-electron chi connectivity index (χ3n) is 6.05. The Morgan fingerprint density at radius 2 is 1.90 bits per heavy atom. The van der Waals surface area contributed by atoms with Crippen molar-refractivity contribution in [3.63, 3.8) is 0 Å². The normalized spacial score (nSPS) is 21.2. The van der Waals surface area contributed by atoms with E-state index >= 15 is 0 Å². The Labute approximate surface area is 228 Å². The number of aromatic nitrogens is 2. The Hall–Kier alpha value is -3.66. The predicted octanol–water partition coefficient (Wildman–Crippen LogP) is 4.78. The second-order valence-electron chi connectivity index (χ2n) is 8.61. The maximum atomic E-state index is 12.8. The quantitative estimate of drug-likeness (QED) is 0.312. The molecule has 39 heavy (non-hydrogen) atoms. The van der Waals surface area contributed by atoms with Crippen LogP contribution in [0, 0.1) is 0 Å². The molecule has 4 N–H and O–H groups in total. The number of aliphatic imine (C=N–C) groups is 1. The molecule has 0 saturated heterocycles. The second-order valence-corrected chi connectivity index (χ2v) is 11.7. The van der Waals surface area contributed by atoms with Crippen molar-refractivity contribution in [3.8, 4) is 5.75 Å². The van der Waals surface area contributed by atoms with Crippen LogP contribution in [0.2, 0.25) is 0 Å². The first-order valence-corrected chi connectivity index (χ1v) is 14.1. The van der Waals surface area contributed by atoms with Crippen LogP contribution in [0.1, 0.15) is 46.1 Å². The third kappa shape index (κ3) is 5.85. The van der Waals surface area contributed by atoms with Gasteiger partial charge in [0.25, 0.3) is 11.8 Å². The van der Waals surface area contributed by atoms with E-state index < -0.39 is 40.0 Å². The Bertz CT molecular complexity index is 1370. The number of alkyl halides is 2. The van der Waals surface area contributed by atoms with Crippen molar-refractivity contribution >= 4 is 45.7 Å². The molecular weight excluding hydrogens is 554 g/mol. The summed E-state index contributed by atoms with van der Waals surface area (Å²) in [6.45, 7) is 0.461. The largest absolute Gasteiger partial charge is 0.433 e. The lowest BCUT2D eigenvalue weighted by molar-refractivity contribution is -0.0500. The van der Waals surface area contributed by atoms with Gasteiger partial charge in [0.15, 0.2) is 0 Å². The van der Waals surface area contributed by atoms with E-state index in [0.29, 0.717) is 17.0 Å². The van der Waals surface area contributed by atoms with E-state index in [9.17, 15) is 27.5 Å². The fourth-order valence-electron chi connectivity index (χ4n) is 4.10. The number of pyridine rings is 1. The number of ether oxygens (including phenoxy) is 1. The van der Waals surface area contributed by atoms with Crippen LogP contribution < -0.4 is 15.4 Å². The van der Waals surface area contributed by atoms with Crippen molar-refractivity contribution in [1.29, 1.82) is 0 Å². The molecule has 0 radical (unpaired) electrons. The molecule has 2 unspecified atom stereocenters. The van der Waals surface area contributed by atoms with Crippen molar-refractivity contribution in [1.82, 2.24) is 19.6 Å². The van der Waals surface area contributed by atoms with Gasteiger partial charge in [0.05, 0.1) is 6.20 Å². The summed E-state index contributed by atoms with van der Waals surface area (Å²) < 4.78 is 52.5. The fraction of sp³-hybridized carbons (Fsp3) is 0.292. The van der Waals surface area contributed by atoms with Gasteiger partial charge in [0, 0.05) is 18.0 Å². The first-order chi connectivity index (χ1) is 18.5. The monoisotopic (exact) mass is 580 g/mol. The Morgan fingerprint density at radius 1 is 1.18 bits per heavy atom. The van der Waals surface area contributed by atoms with Crippen LogP contribution in [-0.4, -0.2) is 60.1 Å². The summed E-state index contributed by atoms with van der Waals surface area (Å²) in [5, 5.41) is 6.39. The third-order valence-corrected chi connectivity index (χ3v) is 9.66. The van der Waals surface area contributed by atoms with E-state index in [1.54, 1.807) is 49.6 Å². The van der Waals surface area contributed by atoms with E-state index in [2.05, 4.69) is 25.3 Å². The number of benzene rings is 1. The van der Waals surface area contributed by atoms with Gasteiger partial charge >= 0.3 is 6.61 Å². The van der Waals surface area contributed by atoms with Gasteiger partial charge in [-0.3, -0.25) is 24.0 Å². The summed E-state index contributed by atoms with van der Waals surface area (Å²) in [5.41, 5.74) is -0.952. The number of rotatable bonds is 7. The Balaban J connectivity index is 1.60. The number of thiazole rings is 1. The van der Waals surface area contributed by atoms with E-state index in [0.717, 1.165) is 17.5 Å². The highest BCUT2D eigenvalue weighted by molar-refractivity contribution is 8.23. The number of nitrogens with one attached hydrogen (secondary N) is 2. The van der Waals surface area contributed by atoms with Gasteiger partial charge in [-0.2, -0.15) is 8.78 Å². The molecule has 15 heteroatoms. The number of hydrogen-bond acceptors (Lipinski definition) is 10. The molecule has 0 bridgehead atoms. The van der Waals surface area contributed by atoms with Gasteiger partial charge in [-0.05, 0) is 37.6 Å². The number of halogens is 2. The van der Waals surface area contributed by atoms with E-state index in [1.807, 2.05) is 0 Å². The summed E-state index contributed by atoms with van der Waals surface area (Å²) in [4.78, 5) is 38.5. The first kappa shape index (κ1) is 28.4. The van der Waals surface area contributed by atoms with Crippen molar-refractivity contribution in [2.24, 2.45) is 4.99 Å². The van der Waals surface area contributed by atoms with Gasteiger partial charge in [0.1, 0.15) is 33.1 Å². The molecular formula is C24H26F2N6O5S2. The molecule has 1 aliphatic rings. The molecule has 208 valence electrons. The molecule has 1 aliphatic heterocycles. The van der Waals surface area contributed by atoms with Crippen LogP contribution in [0.25, 0.3) is 0 Å². The highest BCUT2D eigenvalue weighted by Crippen LogP contribution is 2.59. The molecule has 0 fully saturated rings. The summed E-state index contributed by atoms with van der Waals surface area (Å²) in [7, 11) is -2.02. The van der Waals surface area contributed by atoms with Crippen LogP contribution in [0.15, 0.2) is 59.0 Å². The SMILES string of the molecule is CCC1C(C)(c2nc(NC(=O)c3ccc(OC(F)F)cn3)cs2)N=C(NC(=O)c2ccccc2)N(C)S1(O)O. The van der Waals surface area contributed by atoms with Crippen LogP contribution in [0.5, 0.6) is 5.75 Å². The predicted molar refractivity (Wildman–Crippen MR) is 144 cm³/mol. The fourth-order valence-corrected chi connectivity index (χ4v) is 7.03. The van der Waals surface area contributed by atoms with E-state index in [4.69, 9.17) is 4.99 Å². The van der Waals surface area contributed by atoms with Crippen LogP contribution in [0.3, 0.4) is 0 Å². The Kier molecular flexibility index (Phi) is 8.15. The maximum absolute atomic E-state index is 12.8. The molecule has 11 nitrogen and oxygen atoms in total. The van der Waals surface area contributed by atoms with Gasteiger partial charge in [-0.25, -0.2) is 19.3 Å². The van der Waals surface area contributed by atoms with Crippen molar-refractivity contribution in [2.75, 3.05) is 12.4 Å². The van der Waals surface area contributed by atoms with Gasteiger partial charge < -0.3 is 10.1 Å². The number of anilines is 1. The lowest BCUT2D eigenvalue weighted by Gasteiger charge is -2.55. The number of carbonyl (C=O) groups is 2. The number of nitrogens with zero attached hydrogens (tertiary/aromatic N) is 4. The van der Waals surface area contributed by atoms with E-state index in [1.165, 1.54) is 23.5 Å². The molecule has 2 atom stereocenters. The smallest absolute Gasteiger partial charge is 0.387 e. The van der Waals surface area contributed by atoms with Crippen LogP contribution in [-0.2, 0) is 5.54 Å². The zero-order valence-electron chi connectivity index (χ0n) is 21.0. The summed E-state index contributed by atoms with van der Waals surface area (Å²) in [6.07, 6.45) is 1.33. The average Bonchev–Trinajstić information content (AvgIpc) is 3.37. The molecule has 3 aromatic rings. The topological polar surface area (TPSA) is 149 Å². The number of carbonyl (C=O) groups excluding carboxylic acids is 2. The highest BCUT2D eigenvalue weighted by atomic mass is 32.3. The average molecular weight is 581 g/mol.